The molecule has 0 bridgehead atoms. The summed E-state index contributed by atoms with van der Waals surface area (Å²) >= 11 is 0. The molecular weight excluding hydrogens is 302 g/mol. The van der Waals surface area contributed by atoms with Gasteiger partial charge in [-0.05, 0) is 31.2 Å². The number of aromatic amines is 1. The van der Waals surface area contributed by atoms with Crippen molar-refractivity contribution >= 4 is 5.69 Å². The van der Waals surface area contributed by atoms with Crippen molar-refractivity contribution in [2.24, 2.45) is 0 Å². The highest BCUT2D eigenvalue weighted by molar-refractivity contribution is 5.76. The summed E-state index contributed by atoms with van der Waals surface area (Å²) in [5.74, 6) is 0.802. The summed E-state index contributed by atoms with van der Waals surface area (Å²) < 4.78 is 11.0. The highest BCUT2D eigenvalue weighted by Gasteiger charge is 2.08. The molecule has 0 aliphatic heterocycles. The lowest BCUT2D eigenvalue weighted by molar-refractivity contribution is 0.110. The molecule has 3 aromatic rings. The molecule has 1 heterocycles. The Morgan fingerprint density at radius 1 is 1.04 bits per heavy atom. The minimum Gasteiger partial charge on any atom is -0.491 e. The second-order valence-corrected chi connectivity index (χ2v) is 5.33. The number of para-hydroxylation sites is 1. The molecule has 0 fully saturated rings. The smallest absolute Gasteiger partial charge is 0.120 e. The normalized spacial score (nSPS) is 10.7. The van der Waals surface area contributed by atoms with E-state index in [4.69, 9.17) is 15.2 Å². The van der Waals surface area contributed by atoms with Crippen LogP contribution in [0.5, 0.6) is 5.75 Å². The molecule has 0 saturated heterocycles. The van der Waals surface area contributed by atoms with E-state index in [-0.39, 0.29) is 0 Å². The van der Waals surface area contributed by atoms with Crippen LogP contribution in [-0.4, -0.2) is 30.0 Å². The summed E-state index contributed by atoms with van der Waals surface area (Å²) in [6.45, 7) is 3.78. The number of hydrogen-bond donors (Lipinski definition) is 2. The predicted octanol–water partition coefficient (Wildman–Crippen LogP) is 3.74. The standard InChI is InChI=1S/C19H21N3O2/c1-2-23-10-11-24-15-7-5-6-14(12-15)18-13-19(22-21-18)16-8-3-4-9-17(16)20/h3-9,12-13H,2,10-11,20H2,1H3,(H,21,22). The first-order valence-electron chi connectivity index (χ1n) is 7.99. The van der Waals surface area contributed by atoms with Gasteiger partial charge in [-0.2, -0.15) is 5.10 Å². The highest BCUT2D eigenvalue weighted by Crippen LogP contribution is 2.28. The number of benzene rings is 2. The van der Waals surface area contributed by atoms with Gasteiger partial charge in [0.25, 0.3) is 0 Å². The lowest BCUT2D eigenvalue weighted by Gasteiger charge is -2.07. The number of H-pyrrole nitrogens is 1. The van der Waals surface area contributed by atoms with Crippen LogP contribution in [0.2, 0.25) is 0 Å². The van der Waals surface area contributed by atoms with Crippen molar-refractivity contribution in [3.63, 3.8) is 0 Å². The van der Waals surface area contributed by atoms with E-state index in [0.29, 0.717) is 19.8 Å². The quantitative estimate of drug-likeness (QED) is 0.513. The van der Waals surface area contributed by atoms with Crippen LogP contribution in [0, 0.1) is 0 Å². The van der Waals surface area contributed by atoms with Crippen LogP contribution in [0.3, 0.4) is 0 Å². The van der Waals surface area contributed by atoms with Gasteiger partial charge >= 0.3 is 0 Å². The number of nitrogen functional groups attached to an aromatic ring is 1. The van der Waals surface area contributed by atoms with Crippen molar-refractivity contribution in [1.29, 1.82) is 0 Å². The van der Waals surface area contributed by atoms with Crippen LogP contribution in [0.4, 0.5) is 5.69 Å². The summed E-state index contributed by atoms with van der Waals surface area (Å²) in [4.78, 5) is 0. The van der Waals surface area contributed by atoms with Crippen molar-refractivity contribution in [2.75, 3.05) is 25.6 Å². The zero-order valence-electron chi connectivity index (χ0n) is 13.7. The second-order valence-electron chi connectivity index (χ2n) is 5.33. The molecule has 1 aromatic heterocycles. The number of nitrogens with one attached hydrogen (secondary N) is 1. The molecule has 5 heteroatoms. The van der Waals surface area contributed by atoms with Crippen LogP contribution < -0.4 is 10.5 Å². The SMILES string of the molecule is CCOCCOc1cccc(-c2cc(-c3ccccc3N)[nH]n2)c1. The van der Waals surface area contributed by atoms with E-state index in [1.54, 1.807) is 0 Å². The average Bonchev–Trinajstić information content (AvgIpc) is 3.09. The van der Waals surface area contributed by atoms with Gasteiger partial charge in [0.2, 0.25) is 0 Å². The topological polar surface area (TPSA) is 73.2 Å². The maximum Gasteiger partial charge on any atom is 0.120 e. The van der Waals surface area contributed by atoms with E-state index in [2.05, 4.69) is 10.2 Å². The summed E-state index contributed by atoms with van der Waals surface area (Å²) in [6.07, 6.45) is 0. The number of ether oxygens (including phenoxy) is 2. The van der Waals surface area contributed by atoms with Gasteiger partial charge < -0.3 is 15.2 Å². The third-order valence-corrected chi connectivity index (χ3v) is 3.66. The lowest BCUT2D eigenvalue weighted by Crippen LogP contribution is -2.06. The molecule has 5 nitrogen and oxygen atoms in total. The number of rotatable bonds is 7. The van der Waals surface area contributed by atoms with E-state index in [9.17, 15) is 0 Å². The Morgan fingerprint density at radius 3 is 2.75 bits per heavy atom. The Balaban J connectivity index is 1.77. The fourth-order valence-corrected chi connectivity index (χ4v) is 2.46. The first-order valence-corrected chi connectivity index (χ1v) is 7.99. The number of nitrogens with zero attached hydrogens (tertiary/aromatic N) is 1. The molecule has 124 valence electrons. The molecule has 0 aliphatic carbocycles. The van der Waals surface area contributed by atoms with E-state index >= 15 is 0 Å². The van der Waals surface area contributed by atoms with Gasteiger partial charge in [-0.3, -0.25) is 5.10 Å². The minimum atomic E-state index is 0.531. The van der Waals surface area contributed by atoms with Crippen LogP contribution in [0.25, 0.3) is 22.5 Å². The largest absolute Gasteiger partial charge is 0.491 e. The van der Waals surface area contributed by atoms with E-state index in [0.717, 1.165) is 34.0 Å². The lowest BCUT2D eigenvalue weighted by atomic mass is 10.1. The third-order valence-electron chi connectivity index (χ3n) is 3.66. The number of anilines is 1. The number of hydrogen-bond acceptors (Lipinski definition) is 4. The third kappa shape index (κ3) is 3.75. The Hall–Kier alpha value is -2.79. The van der Waals surface area contributed by atoms with E-state index in [1.165, 1.54) is 0 Å². The number of nitrogens with two attached hydrogens (primary N) is 1. The first kappa shape index (κ1) is 16.1. The zero-order valence-corrected chi connectivity index (χ0v) is 13.7. The average molecular weight is 323 g/mol. The molecule has 0 radical (unpaired) electrons. The Morgan fingerprint density at radius 2 is 1.92 bits per heavy atom. The molecule has 0 aliphatic rings. The summed E-state index contributed by atoms with van der Waals surface area (Å²) in [7, 11) is 0. The molecular formula is C19H21N3O2. The first-order chi connectivity index (χ1) is 11.8. The van der Waals surface area contributed by atoms with Crippen LogP contribution in [0.15, 0.2) is 54.6 Å². The van der Waals surface area contributed by atoms with Crippen molar-refractivity contribution in [1.82, 2.24) is 10.2 Å². The zero-order chi connectivity index (χ0) is 16.8. The predicted molar refractivity (Wildman–Crippen MR) is 95.9 cm³/mol. The maximum absolute atomic E-state index is 6.02. The molecule has 0 spiro atoms. The highest BCUT2D eigenvalue weighted by atomic mass is 16.5. The van der Waals surface area contributed by atoms with Crippen molar-refractivity contribution in [2.45, 2.75) is 6.92 Å². The van der Waals surface area contributed by atoms with Gasteiger partial charge in [0.15, 0.2) is 0 Å². The molecule has 3 rings (SSSR count). The van der Waals surface area contributed by atoms with Crippen molar-refractivity contribution in [3.8, 4) is 28.3 Å². The van der Waals surface area contributed by atoms with Gasteiger partial charge in [-0.15, -0.1) is 0 Å². The molecule has 2 aromatic carbocycles. The molecule has 0 saturated carbocycles. The second kappa shape index (κ2) is 7.66. The Labute approximate surface area is 141 Å². The molecule has 3 N–H and O–H groups in total. The Kier molecular flexibility index (Phi) is 5.13. The van der Waals surface area contributed by atoms with Crippen molar-refractivity contribution < 1.29 is 9.47 Å². The van der Waals surface area contributed by atoms with Gasteiger partial charge in [0.1, 0.15) is 12.4 Å². The maximum atomic E-state index is 6.02. The fourth-order valence-electron chi connectivity index (χ4n) is 2.46. The summed E-state index contributed by atoms with van der Waals surface area (Å²) in [6, 6.07) is 17.6. The Bertz CT molecular complexity index is 799. The van der Waals surface area contributed by atoms with Crippen LogP contribution in [-0.2, 0) is 4.74 Å². The fraction of sp³-hybridized carbons (Fsp3) is 0.211. The van der Waals surface area contributed by atoms with E-state index in [1.807, 2.05) is 61.5 Å². The van der Waals surface area contributed by atoms with Gasteiger partial charge in [0.05, 0.1) is 18.0 Å². The molecule has 0 unspecified atom stereocenters. The summed E-state index contributed by atoms with van der Waals surface area (Å²) in [5, 5.41) is 7.44. The minimum absolute atomic E-state index is 0.531. The van der Waals surface area contributed by atoms with Gasteiger partial charge in [0, 0.05) is 23.4 Å². The van der Waals surface area contributed by atoms with Crippen LogP contribution in [0.1, 0.15) is 6.92 Å². The monoisotopic (exact) mass is 323 g/mol. The molecule has 0 atom stereocenters. The molecule has 0 amide bonds. The number of aromatic nitrogens is 2. The molecule has 24 heavy (non-hydrogen) atoms. The van der Waals surface area contributed by atoms with Crippen LogP contribution >= 0.6 is 0 Å². The van der Waals surface area contributed by atoms with Gasteiger partial charge in [-0.25, -0.2) is 0 Å². The summed E-state index contributed by atoms with van der Waals surface area (Å²) in [5.41, 5.74) is 10.4. The van der Waals surface area contributed by atoms with Crippen molar-refractivity contribution in [3.05, 3.63) is 54.6 Å². The van der Waals surface area contributed by atoms with Gasteiger partial charge in [-0.1, -0.05) is 30.3 Å². The van der Waals surface area contributed by atoms with E-state index < -0.39 is 0 Å².